The first-order chi connectivity index (χ1) is 8.30. The lowest BCUT2D eigenvalue weighted by molar-refractivity contribution is 0.415. The van der Waals surface area contributed by atoms with E-state index in [1.54, 1.807) is 24.9 Å². The quantitative estimate of drug-likeness (QED) is 0.794. The summed E-state index contributed by atoms with van der Waals surface area (Å²) < 4.78 is 26.7. The van der Waals surface area contributed by atoms with E-state index in [1.165, 1.54) is 16.4 Å². The molecule has 1 aromatic carbocycles. The van der Waals surface area contributed by atoms with Gasteiger partial charge in [0.15, 0.2) is 0 Å². The molecule has 0 spiro atoms. The minimum absolute atomic E-state index is 0.0561. The zero-order valence-electron chi connectivity index (χ0n) is 10.4. The van der Waals surface area contributed by atoms with Gasteiger partial charge in [0, 0.05) is 23.3 Å². The van der Waals surface area contributed by atoms with Gasteiger partial charge in [-0.25, -0.2) is 8.42 Å². The highest BCUT2D eigenvalue weighted by Crippen LogP contribution is 2.27. The fourth-order valence-electron chi connectivity index (χ4n) is 1.39. The Labute approximate surface area is 126 Å². The van der Waals surface area contributed by atoms with Crippen LogP contribution in [0.4, 0.5) is 0 Å². The van der Waals surface area contributed by atoms with Crippen LogP contribution in [-0.4, -0.2) is 37.8 Å². The molecular weight excluding hydrogens is 358 g/mol. The molecule has 0 N–H and O–H groups in total. The Morgan fingerprint density at radius 1 is 1.50 bits per heavy atom. The van der Waals surface area contributed by atoms with Crippen molar-refractivity contribution in [1.82, 2.24) is 4.31 Å². The molecule has 7 heteroatoms. The monoisotopic (exact) mass is 371 g/mol. The third-order valence-electron chi connectivity index (χ3n) is 2.60. The summed E-state index contributed by atoms with van der Waals surface area (Å²) in [5.41, 5.74) is 0. The lowest BCUT2D eigenvalue weighted by Gasteiger charge is -2.23. The van der Waals surface area contributed by atoms with E-state index in [-0.39, 0.29) is 10.9 Å². The summed E-state index contributed by atoms with van der Waals surface area (Å²) >= 11 is 10.7. The smallest absolute Gasteiger partial charge is 0.207 e. The summed E-state index contributed by atoms with van der Waals surface area (Å²) in [4.78, 5) is 0.245. The molecule has 0 aliphatic heterocycles. The predicted octanol–water partition coefficient (Wildman–Crippen LogP) is 3.47. The molecule has 0 heterocycles. The molecule has 3 nitrogen and oxygen atoms in total. The molecular formula is C11H15BrClNO2S2. The Hall–Kier alpha value is 0.250. The summed E-state index contributed by atoms with van der Waals surface area (Å²) in [5, 5.41) is 0.494. The average molecular weight is 373 g/mol. The summed E-state index contributed by atoms with van der Waals surface area (Å²) in [5.74, 6) is 0.754. The third-order valence-corrected chi connectivity index (χ3v) is 6.59. The van der Waals surface area contributed by atoms with Crippen LogP contribution in [0.5, 0.6) is 0 Å². The zero-order chi connectivity index (χ0) is 13.9. The number of nitrogens with zero attached hydrogens (tertiary/aromatic N) is 1. The highest BCUT2D eigenvalue weighted by molar-refractivity contribution is 9.10. The minimum Gasteiger partial charge on any atom is -0.207 e. The lowest BCUT2D eigenvalue weighted by atomic mass is 10.4. The molecule has 0 saturated heterocycles. The van der Waals surface area contributed by atoms with Crippen LogP contribution in [-0.2, 0) is 10.0 Å². The van der Waals surface area contributed by atoms with Crippen LogP contribution >= 0.6 is 39.3 Å². The zero-order valence-corrected chi connectivity index (χ0v) is 14.3. The Balaban J connectivity index is 3.09. The first-order valence-corrected chi connectivity index (χ1v) is 9.23. The van der Waals surface area contributed by atoms with Crippen molar-refractivity contribution in [3.63, 3.8) is 0 Å². The molecule has 1 aromatic rings. The van der Waals surface area contributed by atoms with E-state index >= 15 is 0 Å². The van der Waals surface area contributed by atoms with Gasteiger partial charge in [-0.05, 0) is 47.3 Å². The van der Waals surface area contributed by atoms with E-state index < -0.39 is 10.0 Å². The second-order valence-electron chi connectivity index (χ2n) is 3.90. The van der Waals surface area contributed by atoms with Gasteiger partial charge in [-0.2, -0.15) is 16.1 Å². The van der Waals surface area contributed by atoms with E-state index in [0.717, 1.165) is 5.75 Å². The van der Waals surface area contributed by atoms with Gasteiger partial charge in [-0.3, -0.25) is 0 Å². The topological polar surface area (TPSA) is 37.4 Å². The SMILES string of the molecule is CSCC(C)N(C)S(=O)(=O)c1ccc(Cl)c(Br)c1. The summed E-state index contributed by atoms with van der Waals surface area (Å²) in [6.45, 7) is 1.89. The largest absolute Gasteiger partial charge is 0.243 e. The van der Waals surface area contributed by atoms with E-state index in [1.807, 2.05) is 13.2 Å². The second kappa shape index (κ2) is 6.61. The molecule has 0 radical (unpaired) electrons. The Morgan fingerprint density at radius 2 is 2.11 bits per heavy atom. The number of rotatable bonds is 5. The Bertz CT molecular complexity index is 522. The lowest BCUT2D eigenvalue weighted by Crippen LogP contribution is -2.36. The molecule has 1 rings (SSSR count). The molecule has 0 fully saturated rings. The van der Waals surface area contributed by atoms with E-state index in [9.17, 15) is 8.42 Å². The van der Waals surface area contributed by atoms with Crippen molar-refractivity contribution in [2.75, 3.05) is 19.1 Å². The van der Waals surface area contributed by atoms with Crippen LogP contribution < -0.4 is 0 Å². The van der Waals surface area contributed by atoms with Crippen LogP contribution in [0.25, 0.3) is 0 Å². The molecule has 1 unspecified atom stereocenters. The number of sulfonamides is 1. The normalized spacial score (nSPS) is 13.9. The number of halogens is 2. The van der Waals surface area contributed by atoms with Gasteiger partial charge in [0.05, 0.1) is 9.92 Å². The van der Waals surface area contributed by atoms with Crippen molar-refractivity contribution >= 4 is 49.3 Å². The fourth-order valence-corrected chi connectivity index (χ4v) is 4.22. The van der Waals surface area contributed by atoms with Crippen molar-refractivity contribution in [2.24, 2.45) is 0 Å². The molecule has 0 amide bonds. The Kier molecular flexibility index (Phi) is 5.99. The standard InChI is InChI=1S/C11H15BrClNO2S2/c1-8(7-17-3)14(2)18(15,16)9-4-5-11(13)10(12)6-9/h4-6,8H,7H2,1-3H3. The molecule has 18 heavy (non-hydrogen) atoms. The second-order valence-corrected chi connectivity index (χ2v) is 8.07. The fraction of sp³-hybridized carbons (Fsp3) is 0.455. The number of hydrogen-bond acceptors (Lipinski definition) is 3. The van der Waals surface area contributed by atoms with Gasteiger partial charge in [0.1, 0.15) is 0 Å². The van der Waals surface area contributed by atoms with Crippen LogP contribution in [0.15, 0.2) is 27.6 Å². The maximum Gasteiger partial charge on any atom is 0.243 e. The van der Waals surface area contributed by atoms with Gasteiger partial charge < -0.3 is 0 Å². The maximum atomic E-state index is 12.4. The summed E-state index contributed by atoms with van der Waals surface area (Å²) in [7, 11) is -1.87. The van der Waals surface area contributed by atoms with Crippen molar-refractivity contribution in [2.45, 2.75) is 17.9 Å². The first kappa shape index (κ1) is 16.3. The summed E-state index contributed by atoms with van der Waals surface area (Å²) in [6.07, 6.45) is 1.95. The molecule has 102 valence electrons. The first-order valence-electron chi connectivity index (χ1n) is 5.22. The van der Waals surface area contributed by atoms with Gasteiger partial charge in [0.2, 0.25) is 10.0 Å². The average Bonchev–Trinajstić information content (AvgIpc) is 2.31. The highest BCUT2D eigenvalue weighted by Gasteiger charge is 2.25. The number of hydrogen-bond donors (Lipinski definition) is 0. The molecule has 0 aliphatic rings. The summed E-state index contributed by atoms with van der Waals surface area (Å²) in [6, 6.07) is 4.57. The van der Waals surface area contributed by atoms with Crippen LogP contribution in [0.3, 0.4) is 0 Å². The minimum atomic E-state index is -3.47. The van der Waals surface area contributed by atoms with E-state index in [0.29, 0.717) is 9.50 Å². The van der Waals surface area contributed by atoms with Crippen molar-refractivity contribution in [3.8, 4) is 0 Å². The van der Waals surface area contributed by atoms with E-state index in [4.69, 9.17) is 11.6 Å². The Morgan fingerprint density at radius 3 is 2.61 bits per heavy atom. The molecule has 0 bridgehead atoms. The van der Waals surface area contributed by atoms with Gasteiger partial charge in [-0.15, -0.1) is 0 Å². The van der Waals surface area contributed by atoms with Gasteiger partial charge in [0.25, 0.3) is 0 Å². The number of benzene rings is 1. The van der Waals surface area contributed by atoms with E-state index in [2.05, 4.69) is 15.9 Å². The molecule has 0 aliphatic carbocycles. The predicted molar refractivity (Wildman–Crippen MR) is 81.9 cm³/mol. The third kappa shape index (κ3) is 3.63. The van der Waals surface area contributed by atoms with Crippen LogP contribution in [0.2, 0.25) is 5.02 Å². The van der Waals surface area contributed by atoms with Gasteiger partial charge in [-0.1, -0.05) is 11.6 Å². The van der Waals surface area contributed by atoms with Crippen molar-refractivity contribution in [3.05, 3.63) is 27.7 Å². The van der Waals surface area contributed by atoms with Crippen LogP contribution in [0.1, 0.15) is 6.92 Å². The molecule has 0 aromatic heterocycles. The van der Waals surface area contributed by atoms with Crippen LogP contribution in [0, 0.1) is 0 Å². The van der Waals surface area contributed by atoms with Gasteiger partial charge >= 0.3 is 0 Å². The highest BCUT2D eigenvalue weighted by atomic mass is 79.9. The van der Waals surface area contributed by atoms with Crippen molar-refractivity contribution < 1.29 is 8.42 Å². The van der Waals surface area contributed by atoms with Crippen molar-refractivity contribution in [1.29, 1.82) is 0 Å². The number of thioether (sulfide) groups is 1. The molecule has 1 atom stereocenters. The molecule has 0 saturated carbocycles. The maximum absolute atomic E-state index is 12.4.